The van der Waals surface area contributed by atoms with E-state index in [1.54, 1.807) is 0 Å². The van der Waals surface area contributed by atoms with E-state index in [2.05, 4.69) is 6.58 Å². The molecule has 2 rings (SSSR count). The number of hydrogen-bond donors (Lipinski definition) is 0. The molecule has 0 heterocycles. The molecule has 2 aliphatic carbocycles. The van der Waals surface area contributed by atoms with Gasteiger partial charge in [0.1, 0.15) is 5.60 Å². The van der Waals surface area contributed by atoms with Crippen LogP contribution in [0.1, 0.15) is 51.9 Å². The van der Waals surface area contributed by atoms with Crippen LogP contribution in [0.25, 0.3) is 0 Å². The number of carbonyl (C=O) groups is 1. The lowest BCUT2D eigenvalue weighted by Gasteiger charge is -2.33. The maximum atomic E-state index is 11.7. The molecule has 2 aliphatic rings. The molecule has 2 nitrogen and oxygen atoms in total. The monoisotopic (exact) mass is 208 g/mol. The Morgan fingerprint density at radius 1 is 1.47 bits per heavy atom. The minimum atomic E-state index is -0.167. The Hall–Kier alpha value is -0.790. The third-order valence-corrected chi connectivity index (χ3v) is 3.94. The Bertz CT molecular complexity index is 278. The van der Waals surface area contributed by atoms with Crippen molar-refractivity contribution in [3.63, 3.8) is 0 Å². The fourth-order valence-electron chi connectivity index (χ4n) is 2.94. The molecule has 2 bridgehead atoms. The van der Waals surface area contributed by atoms with Crippen LogP contribution in [-0.4, -0.2) is 11.6 Å². The lowest BCUT2D eigenvalue weighted by molar-refractivity contribution is -0.156. The van der Waals surface area contributed by atoms with E-state index in [0.29, 0.717) is 12.0 Å². The summed E-state index contributed by atoms with van der Waals surface area (Å²) in [5.74, 6) is 0.640. The topological polar surface area (TPSA) is 26.3 Å². The van der Waals surface area contributed by atoms with E-state index in [1.165, 1.54) is 19.3 Å². The highest BCUT2D eigenvalue weighted by Crippen LogP contribution is 2.47. The molecule has 0 aromatic heterocycles. The lowest BCUT2D eigenvalue weighted by atomic mass is 9.85. The Balaban J connectivity index is 1.99. The van der Waals surface area contributed by atoms with Gasteiger partial charge in [-0.3, -0.25) is 0 Å². The van der Waals surface area contributed by atoms with Crippen molar-refractivity contribution in [3.05, 3.63) is 12.2 Å². The number of fused-ring (bicyclic) bond motifs is 2. The van der Waals surface area contributed by atoms with Gasteiger partial charge in [-0.25, -0.2) is 4.79 Å². The van der Waals surface area contributed by atoms with Crippen LogP contribution < -0.4 is 0 Å². The molecule has 2 heteroatoms. The maximum Gasteiger partial charge on any atom is 0.333 e. The summed E-state index contributed by atoms with van der Waals surface area (Å²) in [6, 6.07) is 0. The smallest absolute Gasteiger partial charge is 0.333 e. The summed E-state index contributed by atoms with van der Waals surface area (Å²) >= 11 is 0. The SMILES string of the molecule is C=C(CC)C(=O)OC12CCCC(CC1)C2. The van der Waals surface area contributed by atoms with Crippen LogP contribution in [0.3, 0.4) is 0 Å². The summed E-state index contributed by atoms with van der Waals surface area (Å²) in [7, 11) is 0. The first kappa shape index (κ1) is 10.7. The molecule has 0 N–H and O–H groups in total. The summed E-state index contributed by atoms with van der Waals surface area (Å²) in [4.78, 5) is 11.7. The standard InChI is InChI=1S/C13H20O2/c1-3-10(2)12(14)15-13-7-4-5-11(9-13)6-8-13/h11H,2-9H2,1H3. The number of rotatable bonds is 3. The first-order valence-corrected chi connectivity index (χ1v) is 6.06. The van der Waals surface area contributed by atoms with Crippen molar-refractivity contribution in [2.45, 2.75) is 57.5 Å². The van der Waals surface area contributed by atoms with Gasteiger partial charge < -0.3 is 4.74 Å². The Kier molecular flexibility index (Phi) is 2.85. The molecular weight excluding hydrogens is 188 g/mol. The first-order chi connectivity index (χ1) is 7.15. The van der Waals surface area contributed by atoms with Crippen LogP contribution in [0.2, 0.25) is 0 Å². The fourth-order valence-corrected chi connectivity index (χ4v) is 2.94. The normalized spacial score (nSPS) is 33.8. The molecular formula is C13H20O2. The summed E-state index contributed by atoms with van der Waals surface area (Å²) < 4.78 is 5.68. The maximum absolute atomic E-state index is 11.7. The zero-order valence-corrected chi connectivity index (χ0v) is 9.55. The molecule has 0 radical (unpaired) electrons. The predicted octanol–water partition coefficient (Wildman–Crippen LogP) is 3.22. The molecule has 15 heavy (non-hydrogen) atoms. The Morgan fingerprint density at radius 3 is 3.00 bits per heavy atom. The van der Waals surface area contributed by atoms with Crippen molar-refractivity contribution in [1.29, 1.82) is 0 Å². The van der Waals surface area contributed by atoms with Crippen LogP contribution in [-0.2, 0) is 9.53 Å². The first-order valence-electron chi connectivity index (χ1n) is 6.06. The highest BCUT2D eigenvalue weighted by molar-refractivity contribution is 5.87. The van der Waals surface area contributed by atoms with Crippen LogP contribution in [0.5, 0.6) is 0 Å². The summed E-state index contributed by atoms with van der Waals surface area (Å²) in [6.07, 6.45) is 7.71. The van der Waals surface area contributed by atoms with Gasteiger partial charge in [-0.1, -0.05) is 19.9 Å². The van der Waals surface area contributed by atoms with E-state index in [4.69, 9.17) is 4.74 Å². The Labute approximate surface area is 91.7 Å². The van der Waals surface area contributed by atoms with Gasteiger partial charge in [0, 0.05) is 5.57 Å². The highest BCUT2D eigenvalue weighted by Gasteiger charge is 2.44. The number of ether oxygens (including phenoxy) is 1. The third-order valence-electron chi connectivity index (χ3n) is 3.94. The van der Waals surface area contributed by atoms with Crippen LogP contribution in [0.15, 0.2) is 12.2 Å². The number of carbonyl (C=O) groups excluding carboxylic acids is 1. The van der Waals surface area contributed by atoms with Gasteiger partial charge >= 0.3 is 5.97 Å². The summed E-state index contributed by atoms with van der Waals surface area (Å²) in [5, 5.41) is 0. The van der Waals surface area contributed by atoms with Gasteiger partial charge in [-0.15, -0.1) is 0 Å². The molecule has 2 atom stereocenters. The molecule has 84 valence electrons. The second kappa shape index (κ2) is 3.99. The van der Waals surface area contributed by atoms with Crippen molar-refractivity contribution in [1.82, 2.24) is 0 Å². The van der Waals surface area contributed by atoms with Crippen LogP contribution in [0.4, 0.5) is 0 Å². The molecule has 0 saturated heterocycles. The fraction of sp³-hybridized carbons (Fsp3) is 0.769. The van der Waals surface area contributed by atoms with E-state index in [9.17, 15) is 4.79 Å². The van der Waals surface area contributed by atoms with E-state index in [-0.39, 0.29) is 11.6 Å². The highest BCUT2D eigenvalue weighted by atomic mass is 16.6. The quantitative estimate of drug-likeness (QED) is 0.526. The van der Waals surface area contributed by atoms with Crippen molar-refractivity contribution in [2.75, 3.05) is 0 Å². The average Bonchev–Trinajstić information content (AvgIpc) is 2.52. The molecule has 2 unspecified atom stereocenters. The van der Waals surface area contributed by atoms with E-state index in [1.807, 2.05) is 6.92 Å². The lowest BCUT2D eigenvalue weighted by Crippen LogP contribution is -2.34. The molecule has 0 aromatic rings. The van der Waals surface area contributed by atoms with Crippen LogP contribution >= 0.6 is 0 Å². The number of hydrogen-bond acceptors (Lipinski definition) is 2. The Morgan fingerprint density at radius 2 is 2.27 bits per heavy atom. The molecule has 0 aliphatic heterocycles. The molecule has 0 amide bonds. The van der Waals surface area contributed by atoms with Gasteiger partial charge in [0.05, 0.1) is 0 Å². The summed E-state index contributed by atoms with van der Waals surface area (Å²) in [6.45, 7) is 5.69. The average molecular weight is 208 g/mol. The van der Waals surface area contributed by atoms with Gasteiger partial charge in [0.25, 0.3) is 0 Å². The minimum absolute atomic E-state index is 0.113. The van der Waals surface area contributed by atoms with Gasteiger partial charge in [0.15, 0.2) is 0 Å². The van der Waals surface area contributed by atoms with Crippen molar-refractivity contribution in [3.8, 4) is 0 Å². The van der Waals surface area contributed by atoms with Crippen molar-refractivity contribution >= 4 is 5.97 Å². The largest absolute Gasteiger partial charge is 0.456 e. The zero-order chi connectivity index (χ0) is 10.9. The van der Waals surface area contributed by atoms with E-state index in [0.717, 1.165) is 25.2 Å². The van der Waals surface area contributed by atoms with Gasteiger partial charge in [-0.05, 0) is 44.4 Å². The molecule has 2 saturated carbocycles. The van der Waals surface area contributed by atoms with Crippen LogP contribution in [0, 0.1) is 5.92 Å². The van der Waals surface area contributed by atoms with E-state index < -0.39 is 0 Å². The summed E-state index contributed by atoms with van der Waals surface area (Å²) in [5.41, 5.74) is 0.497. The molecule has 0 spiro atoms. The minimum Gasteiger partial charge on any atom is -0.456 e. The second-order valence-electron chi connectivity index (χ2n) is 5.03. The van der Waals surface area contributed by atoms with Crippen molar-refractivity contribution < 1.29 is 9.53 Å². The second-order valence-corrected chi connectivity index (χ2v) is 5.03. The van der Waals surface area contributed by atoms with Gasteiger partial charge in [0.2, 0.25) is 0 Å². The van der Waals surface area contributed by atoms with Gasteiger partial charge in [-0.2, -0.15) is 0 Å². The van der Waals surface area contributed by atoms with E-state index >= 15 is 0 Å². The molecule has 0 aromatic carbocycles. The molecule has 2 fully saturated rings. The number of esters is 1. The third kappa shape index (κ3) is 2.09. The van der Waals surface area contributed by atoms with Crippen molar-refractivity contribution in [2.24, 2.45) is 5.92 Å². The predicted molar refractivity (Wildman–Crippen MR) is 59.4 cm³/mol. The zero-order valence-electron chi connectivity index (χ0n) is 9.55.